The summed E-state index contributed by atoms with van der Waals surface area (Å²) >= 11 is 0. The van der Waals surface area contributed by atoms with Crippen molar-refractivity contribution in [1.82, 2.24) is 19.6 Å². The number of benzene rings is 1. The second-order valence-electron chi connectivity index (χ2n) is 5.23. The molecule has 6 heteroatoms. The molecule has 2 aromatic heterocycles. The zero-order valence-corrected chi connectivity index (χ0v) is 12.5. The minimum absolute atomic E-state index is 0.0996. The third kappa shape index (κ3) is 3.07. The Kier molecular flexibility index (Phi) is 4.29. The van der Waals surface area contributed by atoms with Crippen LogP contribution >= 0.6 is 0 Å². The van der Waals surface area contributed by atoms with E-state index in [1.165, 1.54) is 11.9 Å². The highest BCUT2D eigenvalue weighted by Crippen LogP contribution is 2.24. The highest BCUT2D eigenvalue weighted by Gasteiger charge is 2.14. The summed E-state index contributed by atoms with van der Waals surface area (Å²) in [6.45, 7) is 2.12. The van der Waals surface area contributed by atoms with E-state index < -0.39 is 0 Å². The normalized spacial score (nSPS) is 12.5. The molecule has 0 aliphatic heterocycles. The lowest BCUT2D eigenvalue weighted by atomic mass is 10.0. The monoisotopic (exact) mass is 297 g/mol. The summed E-state index contributed by atoms with van der Waals surface area (Å²) < 4.78 is 1.70. The molecule has 0 bridgehead atoms. The molecule has 0 spiro atoms. The first-order valence-electron chi connectivity index (χ1n) is 7.37. The van der Waals surface area contributed by atoms with Gasteiger partial charge in [0.25, 0.3) is 5.78 Å². The van der Waals surface area contributed by atoms with Gasteiger partial charge in [-0.15, -0.1) is 0 Å². The molecule has 3 aromatic rings. The first-order valence-corrected chi connectivity index (χ1v) is 7.37. The number of aliphatic hydroxyl groups is 1. The zero-order valence-electron chi connectivity index (χ0n) is 12.5. The van der Waals surface area contributed by atoms with Gasteiger partial charge >= 0.3 is 0 Å². The lowest BCUT2D eigenvalue weighted by Gasteiger charge is -2.20. The largest absolute Gasteiger partial charge is 0.396 e. The molecule has 1 unspecified atom stereocenters. The van der Waals surface area contributed by atoms with E-state index in [0.717, 1.165) is 24.4 Å². The Hall–Kier alpha value is -2.47. The predicted octanol–water partition coefficient (Wildman–Crippen LogP) is 2.36. The van der Waals surface area contributed by atoms with Crippen LogP contribution in [0.4, 0.5) is 5.82 Å². The molecule has 0 aliphatic rings. The molecule has 1 aromatic carbocycles. The number of hydrogen-bond donors (Lipinski definition) is 2. The van der Waals surface area contributed by atoms with E-state index in [1.807, 2.05) is 31.2 Å². The van der Waals surface area contributed by atoms with Crippen LogP contribution in [0.25, 0.3) is 5.78 Å². The third-order valence-electron chi connectivity index (χ3n) is 3.55. The molecule has 0 saturated heterocycles. The van der Waals surface area contributed by atoms with Gasteiger partial charge in [-0.05, 0) is 25.3 Å². The standard InChI is InChI=1S/C16H19N5O/c1-12-10-15(21-16(19-12)17-11-18-21)20-14(8-5-9-22)13-6-3-2-4-7-13/h2-4,6-7,10-11,14,20,22H,5,8-9H2,1H3. The van der Waals surface area contributed by atoms with Crippen LogP contribution in [0.5, 0.6) is 0 Å². The number of fused-ring (bicyclic) bond motifs is 1. The fourth-order valence-electron chi connectivity index (χ4n) is 2.51. The Morgan fingerprint density at radius 3 is 2.86 bits per heavy atom. The highest BCUT2D eigenvalue weighted by atomic mass is 16.2. The van der Waals surface area contributed by atoms with E-state index in [-0.39, 0.29) is 12.6 Å². The molecule has 6 nitrogen and oxygen atoms in total. The lowest BCUT2D eigenvalue weighted by molar-refractivity contribution is 0.281. The van der Waals surface area contributed by atoms with E-state index >= 15 is 0 Å². The molecular formula is C16H19N5O. The molecule has 0 aliphatic carbocycles. The predicted molar refractivity (Wildman–Crippen MR) is 84.6 cm³/mol. The third-order valence-corrected chi connectivity index (χ3v) is 3.55. The van der Waals surface area contributed by atoms with Crippen LogP contribution in [0, 0.1) is 6.92 Å². The Balaban J connectivity index is 1.93. The number of hydrogen-bond acceptors (Lipinski definition) is 5. The van der Waals surface area contributed by atoms with Gasteiger partial charge in [-0.1, -0.05) is 30.3 Å². The Morgan fingerprint density at radius 1 is 1.27 bits per heavy atom. The number of aliphatic hydroxyl groups excluding tert-OH is 1. The molecule has 2 heterocycles. The quantitative estimate of drug-likeness (QED) is 0.730. The zero-order chi connectivity index (χ0) is 15.4. The summed E-state index contributed by atoms with van der Waals surface area (Å²) in [6.07, 6.45) is 3.06. The van der Waals surface area contributed by atoms with E-state index in [0.29, 0.717) is 5.78 Å². The van der Waals surface area contributed by atoms with E-state index in [1.54, 1.807) is 4.52 Å². The molecule has 2 N–H and O–H groups in total. The van der Waals surface area contributed by atoms with Crippen molar-refractivity contribution in [3.05, 3.63) is 54.0 Å². The van der Waals surface area contributed by atoms with Gasteiger partial charge in [0.1, 0.15) is 12.1 Å². The maximum atomic E-state index is 9.15. The molecule has 0 radical (unpaired) electrons. The number of aromatic nitrogens is 4. The minimum atomic E-state index is 0.0996. The smallest absolute Gasteiger partial charge is 0.254 e. The summed E-state index contributed by atoms with van der Waals surface area (Å²) in [5.74, 6) is 1.43. The molecule has 22 heavy (non-hydrogen) atoms. The van der Waals surface area contributed by atoms with E-state index in [2.05, 4.69) is 32.5 Å². The summed E-state index contributed by atoms with van der Waals surface area (Å²) in [5.41, 5.74) is 2.07. The lowest BCUT2D eigenvalue weighted by Crippen LogP contribution is -2.15. The van der Waals surface area contributed by atoms with Crippen molar-refractivity contribution in [2.75, 3.05) is 11.9 Å². The molecular weight excluding hydrogens is 278 g/mol. The molecule has 0 amide bonds. The second-order valence-corrected chi connectivity index (χ2v) is 5.23. The van der Waals surface area contributed by atoms with Crippen molar-refractivity contribution in [2.24, 2.45) is 0 Å². The van der Waals surface area contributed by atoms with Gasteiger partial charge < -0.3 is 10.4 Å². The SMILES string of the molecule is Cc1cc(NC(CCCO)c2ccccc2)n2ncnc2n1. The van der Waals surface area contributed by atoms with Gasteiger partial charge in [-0.3, -0.25) is 0 Å². The van der Waals surface area contributed by atoms with Crippen LogP contribution in [0.3, 0.4) is 0 Å². The van der Waals surface area contributed by atoms with Crippen LogP contribution in [-0.2, 0) is 0 Å². The molecule has 0 saturated carbocycles. The summed E-state index contributed by atoms with van der Waals surface area (Å²) in [6, 6.07) is 12.3. The van der Waals surface area contributed by atoms with Gasteiger partial charge in [-0.2, -0.15) is 14.6 Å². The van der Waals surface area contributed by atoms with Gasteiger partial charge in [-0.25, -0.2) is 4.98 Å². The van der Waals surface area contributed by atoms with Crippen molar-refractivity contribution in [3.8, 4) is 0 Å². The van der Waals surface area contributed by atoms with E-state index in [9.17, 15) is 0 Å². The Labute approximate surface area is 128 Å². The van der Waals surface area contributed by atoms with Crippen LogP contribution in [0.1, 0.15) is 30.1 Å². The highest BCUT2D eigenvalue weighted by molar-refractivity contribution is 5.46. The topological polar surface area (TPSA) is 75.3 Å². The first-order chi connectivity index (χ1) is 10.8. The first kappa shape index (κ1) is 14.5. The fourth-order valence-corrected chi connectivity index (χ4v) is 2.51. The van der Waals surface area contributed by atoms with Crippen LogP contribution < -0.4 is 5.32 Å². The number of anilines is 1. The Bertz CT molecular complexity index is 741. The number of nitrogens with zero attached hydrogens (tertiary/aromatic N) is 4. The van der Waals surface area contributed by atoms with Gasteiger partial charge in [0.05, 0.1) is 6.04 Å². The number of aryl methyl sites for hydroxylation is 1. The summed E-state index contributed by atoms with van der Waals surface area (Å²) in [4.78, 5) is 8.49. The van der Waals surface area contributed by atoms with Crippen molar-refractivity contribution < 1.29 is 5.11 Å². The van der Waals surface area contributed by atoms with Crippen LogP contribution in [0.15, 0.2) is 42.7 Å². The van der Waals surface area contributed by atoms with Crippen molar-refractivity contribution in [2.45, 2.75) is 25.8 Å². The average molecular weight is 297 g/mol. The van der Waals surface area contributed by atoms with Crippen LogP contribution in [0.2, 0.25) is 0 Å². The number of nitrogens with one attached hydrogen (secondary N) is 1. The molecule has 1 atom stereocenters. The average Bonchev–Trinajstić information content (AvgIpc) is 3.00. The second kappa shape index (κ2) is 6.53. The molecule has 3 rings (SSSR count). The van der Waals surface area contributed by atoms with Gasteiger partial charge in [0.15, 0.2) is 0 Å². The van der Waals surface area contributed by atoms with Crippen molar-refractivity contribution in [3.63, 3.8) is 0 Å². The van der Waals surface area contributed by atoms with Crippen LogP contribution in [-0.4, -0.2) is 31.3 Å². The van der Waals surface area contributed by atoms with Gasteiger partial charge in [0, 0.05) is 18.4 Å². The Morgan fingerprint density at radius 2 is 2.09 bits per heavy atom. The summed E-state index contributed by atoms with van der Waals surface area (Å²) in [7, 11) is 0. The van der Waals surface area contributed by atoms with Gasteiger partial charge in [0.2, 0.25) is 0 Å². The fraction of sp³-hybridized carbons (Fsp3) is 0.312. The van der Waals surface area contributed by atoms with Crippen molar-refractivity contribution >= 4 is 11.6 Å². The number of rotatable bonds is 6. The molecule has 114 valence electrons. The van der Waals surface area contributed by atoms with Crippen molar-refractivity contribution in [1.29, 1.82) is 0 Å². The summed E-state index contributed by atoms with van der Waals surface area (Å²) in [5, 5.41) is 16.9. The maximum Gasteiger partial charge on any atom is 0.254 e. The molecule has 0 fully saturated rings. The maximum absolute atomic E-state index is 9.15. The van der Waals surface area contributed by atoms with E-state index in [4.69, 9.17) is 5.11 Å². The minimum Gasteiger partial charge on any atom is -0.396 e.